The third-order valence-electron chi connectivity index (χ3n) is 17.7. The summed E-state index contributed by atoms with van der Waals surface area (Å²) in [4.78, 5) is 59.6. The molecule has 0 unspecified atom stereocenters. The number of hydrogen-bond acceptors (Lipinski definition) is 21. The van der Waals surface area contributed by atoms with Gasteiger partial charge in [-0.05, 0) is 126 Å². The summed E-state index contributed by atoms with van der Waals surface area (Å²) in [5.74, 6) is 0.548. The number of nitrogens with one attached hydrogen (secondary N) is 3. The molecule has 3 saturated heterocycles. The van der Waals surface area contributed by atoms with E-state index in [4.69, 9.17) is 25.8 Å². The molecule has 32 heteroatoms. The van der Waals surface area contributed by atoms with Crippen LogP contribution in [-0.2, 0) is 33.5 Å². The van der Waals surface area contributed by atoms with E-state index in [1.54, 1.807) is 91.0 Å². The average Bonchev–Trinajstić information content (AvgIpc) is 1.66. The fourth-order valence-corrected chi connectivity index (χ4v) is 13.0. The first-order valence-electron chi connectivity index (χ1n) is 34.9. The van der Waals surface area contributed by atoms with Crippen molar-refractivity contribution in [2.75, 3.05) is 110 Å². The van der Waals surface area contributed by atoms with Crippen molar-refractivity contribution >= 4 is 80.4 Å². The molecule has 0 aliphatic carbocycles. The van der Waals surface area contributed by atoms with Crippen LogP contribution in [0.3, 0.4) is 0 Å². The van der Waals surface area contributed by atoms with Gasteiger partial charge in [-0.1, -0.05) is 115 Å². The predicted molar refractivity (Wildman–Crippen MR) is 396 cm³/mol. The number of rotatable bonds is 21. The van der Waals surface area contributed by atoms with Crippen molar-refractivity contribution in [3.05, 3.63) is 197 Å². The summed E-state index contributed by atoms with van der Waals surface area (Å²) in [6.07, 6.45) is -6.78. The lowest BCUT2D eigenvalue weighted by atomic mass is 9.95. The van der Waals surface area contributed by atoms with Gasteiger partial charge in [0.05, 0.1) is 72.7 Å². The zero-order valence-corrected chi connectivity index (χ0v) is 60.3. The monoisotopic (exact) mass is 1490 g/mol. The number of para-hydroxylation sites is 6. The molecule has 3 fully saturated rings. The number of benzene rings is 6. The molecule has 0 amide bonds. The van der Waals surface area contributed by atoms with Crippen LogP contribution in [0.5, 0.6) is 0 Å². The quantitative estimate of drug-likeness (QED) is 0.0566. The highest BCUT2D eigenvalue weighted by atomic mass is 35.5. The van der Waals surface area contributed by atoms with E-state index < -0.39 is 53.4 Å². The third kappa shape index (κ3) is 18.0. The Morgan fingerprint density at radius 1 is 0.355 bits per heavy atom. The second-order valence-corrected chi connectivity index (χ2v) is 28.0. The van der Waals surface area contributed by atoms with E-state index in [0.717, 1.165) is 17.5 Å². The topological polar surface area (TPSA) is 243 Å². The fraction of sp³-hybridized carbons (Fsp3) is 0.360. The zero-order chi connectivity index (χ0) is 75.0. The number of imidazole rings is 3. The maximum Gasteiger partial charge on any atom is 0.296 e. The van der Waals surface area contributed by atoms with Crippen molar-refractivity contribution in [1.82, 2.24) is 73.5 Å². The summed E-state index contributed by atoms with van der Waals surface area (Å²) in [6, 6.07) is 45.1. The molecule has 15 rings (SSSR count). The van der Waals surface area contributed by atoms with Crippen LogP contribution in [0.25, 0.3) is 50.9 Å². The Labute approximate surface area is 616 Å². The van der Waals surface area contributed by atoms with Gasteiger partial charge in [0.15, 0.2) is 17.5 Å². The van der Waals surface area contributed by atoms with Crippen LogP contribution in [0.15, 0.2) is 152 Å². The Balaban J connectivity index is 0.000000142. The Morgan fingerprint density at radius 3 is 1.01 bits per heavy atom. The maximum absolute atomic E-state index is 14.3. The van der Waals surface area contributed by atoms with Crippen LogP contribution in [0.1, 0.15) is 95.0 Å². The summed E-state index contributed by atoms with van der Waals surface area (Å²) in [5, 5.41) is 10.7. The number of morpholine rings is 3. The molecule has 3 N–H and O–H groups in total. The van der Waals surface area contributed by atoms with Crippen molar-refractivity contribution in [2.45, 2.75) is 96.7 Å². The lowest BCUT2D eigenvalue weighted by molar-refractivity contribution is 0.122. The summed E-state index contributed by atoms with van der Waals surface area (Å²) < 4.78 is 119. The minimum atomic E-state index is -2.84. The van der Waals surface area contributed by atoms with Gasteiger partial charge in [0.25, 0.3) is 19.3 Å². The van der Waals surface area contributed by atoms with Crippen molar-refractivity contribution in [2.24, 2.45) is 0 Å². The largest absolute Gasteiger partial charge is 0.378 e. The molecule has 3 aliphatic heterocycles. The minimum Gasteiger partial charge on any atom is -0.378 e. The fourth-order valence-electron chi connectivity index (χ4n) is 12.8. The van der Waals surface area contributed by atoms with Gasteiger partial charge in [0, 0.05) is 60.9 Å². The molecule has 0 atom stereocenters. The molecule has 6 aromatic heterocycles. The molecule has 12 aromatic rings. The number of halogens is 8. The summed E-state index contributed by atoms with van der Waals surface area (Å²) in [6.45, 7) is 18.5. The van der Waals surface area contributed by atoms with Crippen molar-refractivity contribution in [1.29, 1.82) is 0 Å². The normalized spacial score (nSPS) is 14.6. The van der Waals surface area contributed by atoms with Crippen LogP contribution in [0.2, 0.25) is 5.02 Å². The number of anilines is 6. The molecule has 6 aromatic carbocycles. The van der Waals surface area contributed by atoms with Crippen LogP contribution in [0.4, 0.5) is 66.4 Å². The van der Waals surface area contributed by atoms with E-state index in [0.29, 0.717) is 159 Å². The number of ether oxygens (including phenoxy) is 3. The first-order valence-corrected chi connectivity index (χ1v) is 35.3. The molecule has 3 aliphatic rings. The Bertz CT molecular complexity index is 4820. The molecule has 0 spiro atoms. The van der Waals surface area contributed by atoms with E-state index >= 15 is 0 Å². The molecule has 0 bridgehead atoms. The van der Waals surface area contributed by atoms with Gasteiger partial charge in [-0.3, -0.25) is 13.7 Å². The van der Waals surface area contributed by atoms with E-state index in [2.05, 4.69) is 102 Å². The van der Waals surface area contributed by atoms with Crippen molar-refractivity contribution < 1.29 is 44.9 Å². The van der Waals surface area contributed by atoms with E-state index in [1.807, 2.05) is 84.9 Å². The van der Waals surface area contributed by atoms with Gasteiger partial charge >= 0.3 is 0 Å². The number of hydrogen-bond donors (Lipinski definition) is 3. The van der Waals surface area contributed by atoms with E-state index in [-0.39, 0.29) is 35.6 Å². The highest BCUT2D eigenvalue weighted by Crippen LogP contribution is 2.34. The van der Waals surface area contributed by atoms with Gasteiger partial charge in [-0.2, -0.15) is 44.9 Å². The zero-order valence-electron chi connectivity index (χ0n) is 59.6. The van der Waals surface area contributed by atoms with E-state index in [1.165, 1.54) is 19.8 Å². The minimum absolute atomic E-state index is 0.0275. The summed E-state index contributed by atoms with van der Waals surface area (Å²) in [5.41, 5.74) is 3.87. The SMILES string of the molecule is CC(C)(Cc1ccccc1)Nc1nc(N2CCOCC2)nc(-n2c(C(F)F)nc3ccccc32)n1.CC(C)(Cc1ccccc1Cl)Nc1nc(N2CCOCC2)nc(-n2c(C(F)F)nc3ccccc32)n1.CC(C)(Cc1ccccc1F)Nc1nc(N2CCOCC2)nc(-n2c(C(F)F)nc3ccccc32)n1. The molecule has 24 nitrogen and oxygen atoms in total. The summed E-state index contributed by atoms with van der Waals surface area (Å²) >= 11 is 6.39. The molecular formula is C75H79ClF7N21O3. The number of fused-ring (bicyclic) bond motifs is 3. The number of alkyl halides is 6. The van der Waals surface area contributed by atoms with E-state index in [9.17, 15) is 30.7 Å². The third-order valence-corrected chi connectivity index (χ3v) is 18.1. The van der Waals surface area contributed by atoms with Gasteiger partial charge < -0.3 is 44.9 Å². The van der Waals surface area contributed by atoms with Gasteiger partial charge in [0.2, 0.25) is 53.5 Å². The molecule has 558 valence electrons. The Hall–Kier alpha value is -10.8. The second-order valence-electron chi connectivity index (χ2n) is 27.6. The maximum atomic E-state index is 14.3. The Morgan fingerprint density at radius 2 is 0.654 bits per heavy atom. The number of nitrogens with zero attached hydrogens (tertiary/aromatic N) is 18. The molecule has 107 heavy (non-hydrogen) atoms. The average molecular weight is 1490 g/mol. The smallest absolute Gasteiger partial charge is 0.296 e. The predicted octanol–water partition coefficient (Wildman–Crippen LogP) is 14.0. The highest BCUT2D eigenvalue weighted by molar-refractivity contribution is 6.31. The van der Waals surface area contributed by atoms with Gasteiger partial charge in [0.1, 0.15) is 5.82 Å². The lowest BCUT2D eigenvalue weighted by Gasteiger charge is -2.29. The van der Waals surface area contributed by atoms with Crippen LogP contribution in [0, 0.1) is 5.82 Å². The van der Waals surface area contributed by atoms with Gasteiger partial charge in [-0.25, -0.2) is 45.7 Å². The van der Waals surface area contributed by atoms with Crippen LogP contribution < -0.4 is 30.7 Å². The first-order chi connectivity index (χ1) is 51.5. The lowest BCUT2D eigenvalue weighted by Crippen LogP contribution is -2.39. The number of aromatic nitrogens is 15. The van der Waals surface area contributed by atoms with Crippen LogP contribution in [-0.4, -0.2) is 169 Å². The molecule has 9 heterocycles. The Kier molecular flexibility index (Phi) is 22.7. The highest BCUT2D eigenvalue weighted by Gasteiger charge is 2.32. The van der Waals surface area contributed by atoms with Crippen LogP contribution >= 0.6 is 11.6 Å². The summed E-state index contributed by atoms with van der Waals surface area (Å²) in [7, 11) is 0. The van der Waals surface area contributed by atoms with Crippen molar-refractivity contribution in [3.63, 3.8) is 0 Å². The molecule has 0 radical (unpaired) electrons. The second kappa shape index (κ2) is 32.5. The first kappa shape index (κ1) is 74.5. The standard InChI is InChI=1S/C25H26ClF2N7O.C25H26F3N7O.C25H27F2N7O/c2*1-25(2,15-16-7-3-4-8-17(16)26)33-22-30-23(34-11-13-36-14-12-34)32-24(31-22)35-19-10-6-5-9-18(19)29-21(35)20(27)28;1-25(2,16-17-8-4-3-5-9-17)32-22-29-23(33-12-14-35-15-13-33)31-24(30-22)34-19-11-7-6-10-18(19)28-21(34)20(26)27/h2*3-10,20H,11-15H2,1-2H3,(H,30,31,32,33);3-11,20H,12-16H2,1-2H3,(H,29,30,31,32). The van der Waals surface area contributed by atoms with Crippen molar-refractivity contribution in [3.8, 4) is 17.8 Å². The van der Waals surface area contributed by atoms with Gasteiger partial charge in [-0.15, -0.1) is 0 Å². The molecule has 0 saturated carbocycles. The molecular weight excluding hydrogens is 1410 g/mol.